The molecule has 4 rings (SSSR count). The Hall–Kier alpha value is -3.74. The normalized spacial score (nSPS) is 11.0. The van der Waals surface area contributed by atoms with Crippen molar-refractivity contribution in [2.75, 3.05) is 0 Å². The average molecular weight is 388 g/mol. The van der Waals surface area contributed by atoms with Gasteiger partial charge in [0.1, 0.15) is 17.8 Å². The molecule has 29 heavy (non-hydrogen) atoms. The first-order valence-corrected chi connectivity index (χ1v) is 9.22. The maximum atomic E-state index is 12.7. The van der Waals surface area contributed by atoms with Gasteiger partial charge in [0.05, 0.1) is 22.8 Å². The Morgan fingerprint density at radius 1 is 1.07 bits per heavy atom. The quantitative estimate of drug-likeness (QED) is 0.502. The molecule has 0 spiro atoms. The number of para-hydroxylation sites is 1. The molecule has 0 fully saturated rings. The van der Waals surface area contributed by atoms with Crippen LogP contribution in [0.2, 0.25) is 0 Å². The van der Waals surface area contributed by atoms with Gasteiger partial charge in [-0.2, -0.15) is 5.10 Å². The zero-order valence-electron chi connectivity index (χ0n) is 16.4. The van der Waals surface area contributed by atoms with Gasteiger partial charge in [0.15, 0.2) is 0 Å². The van der Waals surface area contributed by atoms with E-state index in [1.807, 2.05) is 50.2 Å². The van der Waals surface area contributed by atoms with E-state index >= 15 is 0 Å². The molecular formula is C22H20N4O3. The van der Waals surface area contributed by atoms with E-state index in [-0.39, 0.29) is 12.2 Å². The van der Waals surface area contributed by atoms with Gasteiger partial charge in [-0.3, -0.25) is 9.20 Å². The lowest BCUT2D eigenvalue weighted by Gasteiger charge is -2.08. The lowest BCUT2D eigenvalue weighted by molar-refractivity contribution is 0.0466. The fourth-order valence-corrected chi connectivity index (χ4v) is 3.35. The summed E-state index contributed by atoms with van der Waals surface area (Å²) in [6.07, 6.45) is 1.66. The Labute approximate surface area is 167 Å². The number of esters is 1. The third kappa shape index (κ3) is 3.42. The van der Waals surface area contributed by atoms with Crippen molar-refractivity contribution in [3.8, 4) is 5.69 Å². The molecule has 0 atom stereocenters. The number of aromatic nitrogens is 4. The number of carbonyl (C=O) groups is 1. The van der Waals surface area contributed by atoms with E-state index in [4.69, 9.17) is 4.74 Å². The summed E-state index contributed by atoms with van der Waals surface area (Å²) in [5, 5.41) is 4.47. The standard InChI is InChI=1S/C22H20N4O3/c1-14-8-7-11-25-19(27)12-17(23-21(14)25)13-29-22(28)20-15(2)24-26(16(20)3)18-9-5-4-6-10-18/h4-12H,13H2,1-3H3. The molecule has 1 aromatic carbocycles. The summed E-state index contributed by atoms with van der Waals surface area (Å²) in [6, 6.07) is 14.6. The molecule has 3 aromatic heterocycles. The van der Waals surface area contributed by atoms with Crippen molar-refractivity contribution in [3.05, 3.63) is 93.3 Å². The maximum absolute atomic E-state index is 12.7. The summed E-state index contributed by atoms with van der Waals surface area (Å²) in [4.78, 5) is 29.5. The van der Waals surface area contributed by atoms with Crippen LogP contribution in [0.1, 0.15) is 33.0 Å². The smallest absolute Gasteiger partial charge is 0.342 e. The molecule has 0 aliphatic heterocycles. The minimum Gasteiger partial charge on any atom is -0.455 e. The lowest BCUT2D eigenvalue weighted by Crippen LogP contribution is -2.17. The van der Waals surface area contributed by atoms with Crippen LogP contribution in [0, 0.1) is 20.8 Å². The summed E-state index contributed by atoms with van der Waals surface area (Å²) in [5.41, 5.74) is 4.18. The summed E-state index contributed by atoms with van der Waals surface area (Å²) in [7, 11) is 0. The summed E-state index contributed by atoms with van der Waals surface area (Å²) < 4.78 is 8.66. The molecule has 0 saturated heterocycles. The van der Waals surface area contributed by atoms with Crippen molar-refractivity contribution in [1.82, 2.24) is 19.2 Å². The van der Waals surface area contributed by atoms with Crippen LogP contribution in [0.5, 0.6) is 0 Å². The molecule has 0 N–H and O–H groups in total. The van der Waals surface area contributed by atoms with Gasteiger partial charge in [-0.25, -0.2) is 14.5 Å². The molecule has 7 nitrogen and oxygen atoms in total. The molecule has 0 aliphatic rings. The first-order valence-electron chi connectivity index (χ1n) is 9.22. The van der Waals surface area contributed by atoms with Crippen molar-refractivity contribution < 1.29 is 9.53 Å². The van der Waals surface area contributed by atoms with Gasteiger partial charge in [-0.15, -0.1) is 0 Å². The Balaban J connectivity index is 1.60. The fraction of sp³-hybridized carbons (Fsp3) is 0.182. The minimum atomic E-state index is -0.492. The van der Waals surface area contributed by atoms with Gasteiger partial charge >= 0.3 is 5.97 Å². The van der Waals surface area contributed by atoms with Crippen LogP contribution in [-0.4, -0.2) is 25.1 Å². The number of aryl methyl sites for hydroxylation is 2. The van der Waals surface area contributed by atoms with Crippen LogP contribution in [0.25, 0.3) is 11.3 Å². The molecule has 0 saturated carbocycles. The lowest BCUT2D eigenvalue weighted by atomic mass is 10.2. The molecule has 0 unspecified atom stereocenters. The third-order valence-corrected chi connectivity index (χ3v) is 4.79. The Morgan fingerprint density at radius 2 is 1.83 bits per heavy atom. The van der Waals surface area contributed by atoms with E-state index in [0.29, 0.717) is 28.3 Å². The second-order valence-corrected chi connectivity index (χ2v) is 6.84. The number of pyridine rings is 1. The van der Waals surface area contributed by atoms with Crippen LogP contribution in [0.3, 0.4) is 0 Å². The summed E-state index contributed by atoms with van der Waals surface area (Å²) in [5.74, 6) is -0.492. The zero-order valence-corrected chi connectivity index (χ0v) is 16.4. The highest BCUT2D eigenvalue weighted by Crippen LogP contribution is 2.19. The number of ether oxygens (including phenoxy) is 1. The van der Waals surface area contributed by atoms with Gasteiger partial charge in [-0.1, -0.05) is 24.3 Å². The number of hydrogen-bond acceptors (Lipinski definition) is 5. The second-order valence-electron chi connectivity index (χ2n) is 6.84. The second kappa shape index (κ2) is 7.35. The number of hydrogen-bond donors (Lipinski definition) is 0. The molecule has 0 radical (unpaired) electrons. The molecule has 7 heteroatoms. The highest BCUT2D eigenvalue weighted by molar-refractivity contribution is 5.92. The van der Waals surface area contributed by atoms with E-state index in [9.17, 15) is 9.59 Å². The molecule has 4 aromatic rings. The molecule has 146 valence electrons. The van der Waals surface area contributed by atoms with E-state index in [1.54, 1.807) is 23.9 Å². The monoisotopic (exact) mass is 388 g/mol. The Bertz CT molecular complexity index is 1270. The first kappa shape index (κ1) is 18.6. The van der Waals surface area contributed by atoms with Gasteiger partial charge in [0.2, 0.25) is 0 Å². The predicted octanol–water partition coefficient (Wildman–Crippen LogP) is 3.16. The van der Waals surface area contributed by atoms with Crippen LogP contribution >= 0.6 is 0 Å². The molecule has 3 heterocycles. The highest BCUT2D eigenvalue weighted by atomic mass is 16.5. The first-order chi connectivity index (χ1) is 14.0. The van der Waals surface area contributed by atoms with Crippen LogP contribution in [0.4, 0.5) is 0 Å². The van der Waals surface area contributed by atoms with Crippen molar-refractivity contribution >= 4 is 11.6 Å². The van der Waals surface area contributed by atoms with Crippen LogP contribution in [-0.2, 0) is 11.3 Å². The number of nitrogens with zero attached hydrogens (tertiary/aromatic N) is 4. The van der Waals surface area contributed by atoms with E-state index in [2.05, 4.69) is 10.1 Å². The van der Waals surface area contributed by atoms with Crippen molar-refractivity contribution in [3.63, 3.8) is 0 Å². The topological polar surface area (TPSA) is 78.5 Å². The van der Waals surface area contributed by atoms with Gasteiger partial charge < -0.3 is 4.74 Å². The minimum absolute atomic E-state index is 0.0890. The zero-order chi connectivity index (χ0) is 20.5. The van der Waals surface area contributed by atoms with E-state index in [1.165, 1.54) is 10.5 Å². The fourth-order valence-electron chi connectivity index (χ4n) is 3.35. The molecule has 0 amide bonds. The number of rotatable bonds is 4. The highest BCUT2D eigenvalue weighted by Gasteiger charge is 2.21. The molecule has 0 aliphatic carbocycles. The van der Waals surface area contributed by atoms with Crippen LogP contribution in [0.15, 0.2) is 59.5 Å². The number of fused-ring (bicyclic) bond motifs is 1. The largest absolute Gasteiger partial charge is 0.455 e. The van der Waals surface area contributed by atoms with Crippen molar-refractivity contribution in [1.29, 1.82) is 0 Å². The van der Waals surface area contributed by atoms with Crippen molar-refractivity contribution in [2.24, 2.45) is 0 Å². The van der Waals surface area contributed by atoms with Gasteiger partial charge in [0, 0.05) is 12.3 Å². The number of benzene rings is 1. The van der Waals surface area contributed by atoms with Gasteiger partial charge in [-0.05, 0) is 44.5 Å². The Morgan fingerprint density at radius 3 is 2.59 bits per heavy atom. The molecule has 0 bridgehead atoms. The van der Waals surface area contributed by atoms with E-state index < -0.39 is 5.97 Å². The summed E-state index contributed by atoms with van der Waals surface area (Å²) in [6.45, 7) is 5.39. The summed E-state index contributed by atoms with van der Waals surface area (Å²) >= 11 is 0. The Kier molecular flexibility index (Phi) is 4.72. The van der Waals surface area contributed by atoms with E-state index in [0.717, 1.165) is 11.3 Å². The number of carbonyl (C=O) groups excluding carboxylic acids is 1. The van der Waals surface area contributed by atoms with Gasteiger partial charge in [0.25, 0.3) is 5.56 Å². The maximum Gasteiger partial charge on any atom is 0.342 e. The molecular weight excluding hydrogens is 368 g/mol. The third-order valence-electron chi connectivity index (χ3n) is 4.79. The SMILES string of the molecule is Cc1nn(-c2ccccc2)c(C)c1C(=O)OCc1cc(=O)n2cccc(C)c2n1. The average Bonchev–Trinajstić information content (AvgIpc) is 3.02. The predicted molar refractivity (Wildman–Crippen MR) is 108 cm³/mol. The van der Waals surface area contributed by atoms with Crippen molar-refractivity contribution in [2.45, 2.75) is 27.4 Å². The van der Waals surface area contributed by atoms with Crippen LogP contribution < -0.4 is 5.56 Å².